The molecule has 2 aromatic rings. The molecular weight excluding hydrogens is 256 g/mol. The number of hydrogen-bond acceptors (Lipinski definition) is 2. The van der Waals surface area contributed by atoms with Crippen LogP contribution in [0.2, 0.25) is 0 Å². The minimum atomic E-state index is 0.522. The molecule has 0 N–H and O–H groups in total. The van der Waals surface area contributed by atoms with Crippen molar-refractivity contribution in [3.63, 3.8) is 0 Å². The molecule has 0 aliphatic carbocycles. The fourth-order valence-corrected chi connectivity index (χ4v) is 3.09. The third-order valence-corrected chi connectivity index (χ3v) is 4.19. The first-order valence-electron chi connectivity index (χ1n) is 7.07. The van der Waals surface area contributed by atoms with E-state index in [9.17, 15) is 0 Å². The minimum absolute atomic E-state index is 0.522. The van der Waals surface area contributed by atoms with Crippen molar-refractivity contribution in [1.29, 1.82) is 0 Å². The zero-order chi connectivity index (χ0) is 13.1. The molecule has 0 radical (unpaired) electrons. The van der Waals surface area contributed by atoms with Crippen LogP contribution >= 0.6 is 11.6 Å². The molecule has 0 saturated carbocycles. The van der Waals surface area contributed by atoms with Crippen LogP contribution in [-0.4, -0.2) is 18.1 Å². The highest BCUT2D eigenvalue weighted by Crippen LogP contribution is 2.29. The van der Waals surface area contributed by atoms with Crippen molar-refractivity contribution in [2.45, 2.75) is 31.6 Å². The maximum atomic E-state index is 6.02. The van der Waals surface area contributed by atoms with Gasteiger partial charge in [0, 0.05) is 30.6 Å². The van der Waals surface area contributed by atoms with E-state index in [-0.39, 0.29) is 0 Å². The third-order valence-electron chi connectivity index (χ3n) is 3.91. The molecule has 2 heterocycles. The van der Waals surface area contributed by atoms with Crippen LogP contribution in [0.3, 0.4) is 0 Å². The zero-order valence-electron chi connectivity index (χ0n) is 11.1. The third kappa shape index (κ3) is 2.55. The van der Waals surface area contributed by atoms with Crippen molar-refractivity contribution in [2.75, 3.05) is 18.0 Å². The summed E-state index contributed by atoms with van der Waals surface area (Å²) in [4.78, 5) is 7.12. The summed E-state index contributed by atoms with van der Waals surface area (Å²) >= 11 is 6.02. The van der Waals surface area contributed by atoms with E-state index < -0.39 is 0 Å². The predicted molar refractivity (Wildman–Crippen MR) is 82.0 cm³/mol. The molecule has 3 rings (SSSR count). The fraction of sp³-hybridized carbons (Fsp3) is 0.438. The van der Waals surface area contributed by atoms with E-state index in [1.807, 2.05) is 6.20 Å². The van der Waals surface area contributed by atoms with Crippen molar-refractivity contribution in [3.8, 4) is 0 Å². The number of rotatable bonds is 2. The van der Waals surface area contributed by atoms with Crippen molar-refractivity contribution in [1.82, 2.24) is 4.98 Å². The van der Waals surface area contributed by atoms with Gasteiger partial charge in [-0.1, -0.05) is 37.1 Å². The second-order valence-electron chi connectivity index (χ2n) is 5.19. The molecule has 1 aliphatic rings. The molecule has 3 heteroatoms. The number of anilines is 1. The quantitative estimate of drug-likeness (QED) is 0.757. The molecule has 1 aromatic carbocycles. The van der Waals surface area contributed by atoms with Crippen LogP contribution < -0.4 is 4.90 Å². The lowest BCUT2D eigenvalue weighted by atomic mass is 10.1. The Balaban J connectivity index is 2.08. The van der Waals surface area contributed by atoms with Crippen LogP contribution in [-0.2, 0) is 5.88 Å². The van der Waals surface area contributed by atoms with Gasteiger partial charge in [-0.3, -0.25) is 0 Å². The fourth-order valence-electron chi connectivity index (χ4n) is 2.88. The number of hydrogen-bond donors (Lipinski definition) is 0. The van der Waals surface area contributed by atoms with E-state index in [2.05, 4.69) is 34.1 Å². The van der Waals surface area contributed by atoms with Crippen LogP contribution in [0.1, 0.15) is 31.2 Å². The number of aromatic nitrogens is 1. The summed E-state index contributed by atoms with van der Waals surface area (Å²) in [6, 6.07) is 8.47. The molecule has 1 fully saturated rings. The molecule has 0 spiro atoms. The lowest BCUT2D eigenvalue weighted by Gasteiger charge is -2.23. The Labute approximate surface area is 119 Å². The van der Waals surface area contributed by atoms with E-state index in [1.54, 1.807) is 0 Å². The lowest BCUT2D eigenvalue weighted by Crippen LogP contribution is -2.25. The summed E-state index contributed by atoms with van der Waals surface area (Å²) in [5.74, 6) is 1.65. The molecule has 2 nitrogen and oxygen atoms in total. The first-order valence-corrected chi connectivity index (χ1v) is 7.61. The monoisotopic (exact) mass is 274 g/mol. The van der Waals surface area contributed by atoms with E-state index in [0.717, 1.165) is 24.5 Å². The van der Waals surface area contributed by atoms with E-state index in [0.29, 0.717) is 5.88 Å². The van der Waals surface area contributed by atoms with Crippen molar-refractivity contribution < 1.29 is 0 Å². The van der Waals surface area contributed by atoms with Crippen molar-refractivity contribution >= 4 is 28.2 Å². The van der Waals surface area contributed by atoms with E-state index in [4.69, 9.17) is 11.6 Å². The first kappa shape index (κ1) is 12.7. The highest BCUT2D eigenvalue weighted by Gasteiger charge is 2.15. The molecule has 0 bridgehead atoms. The summed E-state index contributed by atoms with van der Waals surface area (Å²) in [7, 11) is 0. The van der Waals surface area contributed by atoms with Gasteiger partial charge in [0.05, 0.1) is 0 Å². The van der Waals surface area contributed by atoms with Crippen molar-refractivity contribution in [2.24, 2.45) is 0 Å². The average Bonchev–Trinajstić information content (AvgIpc) is 2.75. The largest absolute Gasteiger partial charge is 0.356 e. The lowest BCUT2D eigenvalue weighted by molar-refractivity contribution is 0.726. The number of fused-ring (bicyclic) bond motifs is 1. The van der Waals surface area contributed by atoms with Gasteiger partial charge in [0.15, 0.2) is 0 Å². The molecule has 0 atom stereocenters. The molecule has 19 heavy (non-hydrogen) atoms. The van der Waals surface area contributed by atoms with Crippen LogP contribution in [0.5, 0.6) is 0 Å². The smallest absolute Gasteiger partial charge is 0.136 e. The number of alkyl halides is 1. The van der Waals surface area contributed by atoms with Gasteiger partial charge in [0.1, 0.15) is 5.82 Å². The summed E-state index contributed by atoms with van der Waals surface area (Å²) < 4.78 is 0. The SMILES string of the molecule is ClCc1cnc(N2CCCCCC2)c2ccccc12. The predicted octanol–water partition coefficient (Wildman–Crippen LogP) is 4.35. The van der Waals surface area contributed by atoms with E-state index >= 15 is 0 Å². The number of halogens is 1. The summed E-state index contributed by atoms with van der Waals surface area (Å²) in [5.41, 5.74) is 1.12. The Morgan fingerprint density at radius 1 is 1.00 bits per heavy atom. The topological polar surface area (TPSA) is 16.1 Å². The molecular formula is C16H19ClN2. The van der Waals surface area contributed by atoms with Gasteiger partial charge in [-0.2, -0.15) is 0 Å². The van der Waals surface area contributed by atoms with Gasteiger partial charge in [-0.25, -0.2) is 4.98 Å². The van der Waals surface area contributed by atoms with E-state index in [1.165, 1.54) is 36.5 Å². The maximum Gasteiger partial charge on any atom is 0.136 e. The summed E-state index contributed by atoms with van der Waals surface area (Å²) in [6.07, 6.45) is 7.17. The van der Waals surface area contributed by atoms with Crippen molar-refractivity contribution in [3.05, 3.63) is 36.0 Å². The molecule has 1 saturated heterocycles. The minimum Gasteiger partial charge on any atom is -0.356 e. The Morgan fingerprint density at radius 2 is 1.68 bits per heavy atom. The normalized spacial score (nSPS) is 16.6. The highest BCUT2D eigenvalue weighted by molar-refractivity contribution is 6.18. The zero-order valence-corrected chi connectivity index (χ0v) is 11.9. The van der Waals surface area contributed by atoms with Gasteiger partial charge in [-0.05, 0) is 23.8 Å². The molecule has 1 aromatic heterocycles. The molecule has 0 unspecified atom stereocenters. The Bertz CT molecular complexity index is 560. The van der Waals surface area contributed by atoms with Crippen LogP contribution in [0.4, 0.5) is 5.82 Å². The Hall–Kier alpha value is -1.28. The second kappa shape index (κ2) is 5.79. The molecule has 100 valence electrons. The summed E-state index contributed by atoms with van der Waals surface area (Å²) in [5, 5.41) is 2.48. The summed E-state index contributed by atoms with van der Waals surface area (Å²) in [6.45, 7) is 2.24. The second-order valence-corrected chi connectivity index (χ2v) is 5.45. The van der Waals surface area contributed by atoms with Gasteiger partial charge in [0.2, 0.25) is 0 Å². The van der Waals surface area contributed by atoms with Gasteiger partial charge >= 0.3 is 0 Å². The number of pyridine rings is 1. The van der Waals surface area contributed by atoms with Gasteiger partial charge < -0.3 is 4.90 Å². The number of benzene rings is 1. The van der Waals surface area contributed by atoms with Crippen LogP contribution in [0.15, 0.2) is 30.5 Å². The standard InChI is InChI=1S/C16H19ClN2/c17-11-13-12-18-16(15-8-4-3-7-14(13)15)19-9-5-1-2-6-10-19/h3-4,7-8,12H,1-2,5-6,9-11H2. The van der Waals surface area contributed by atoms with Gasteiger partial charge in [0.25, 0.3) is 0 Å². The maximum absolute atomic E-state index is 6.02. The van der Waals surface area contributed by atoms with Gasteiger partial charge in [-0.15, -0.1) is 11.6 Å². The molecule has 0 amide bonds. The first-order chi connectivity index (χ1) is 9.40. The Morgan fingerprint density at radius 3 is 2.37 bits per heavy atom. The number of nitrogens with zero attached hydrogens (tertiary/aromatic N) is 2. The average molecular weight is 275 g/mol. The molecule has 1 aliphatic heterocycles. The van der Waals surface area contributed by atoms with Crippen LogP contribution in [0.25, 0.3) is 10.8 Å². The Kier molecular flexibility index (Phi) is 3.88. The highest BCUT2D eigenvalue weighted by atomic mass is 35.5. The van der Waals surface area contributed by atoms with Crippen LogP contribution in [0, 0.1) is 0 Å².